The van der Waals surface area contributed by atoms with E-state index in [9.17, 15) is 4.79 Å². The van der Waals surface area contributed by atoms with Crippen molar-refractivity contribution >= 4 is 23.4 Å². The third kappa shape index (κ3) is 3.70. The Morgan fingerprint density at radius 3 is 3.00 bits per heavy atom. The quantitative estimate of drug-likeness (QED) is 0.735. The van der Waals surface area contributed by atoms with E-state index in [4.69, 9.17) is 5.73 Å². The molecule has 0 spiro atoms. The fourth-order valence-electron chi connectivity index (χ4n) is 1.09. The number of hydrogen-bond donors (Lipinski definition) is 2. The molecule has 0 heterocycles. The first kappa shape index (κ1) is 10.9. The van der Waals surface area contributed by atoms with Crippen LogP contribution >= 0.6 is 11.8 Å². The molecule has 1 amide bonds. The van der Waals surface area contributed by atoms with Crippen molar-refractivity contribution in [2.45, 2.75) is 6.54 Å². The summed E-state index contributed by atoms with van der Waals surface area (Å²) in [7, 11) is 0. The van der Waals surface area contributed by atoms with E-state index in [1.165, 1.54) is 11.8 Å². The van der Waals surface area contributed by atoms with Crippen LogP contribution in [-0.2, 0) is 11.3 Å². The molecule has 0 saturated carbocycles. The Labute approximate surface area is 88.1 Å². The second kappa shape index (κ2) is 5.54. The number of carbonyl (C=O) groups is 1. The van der Waals surface area contributed by atoms with E-state index in [0.29, 0.717) is 12.3 Å². The van der Waals surface area contributed by atoms with E-state index < -0.39 is 0 Å². The van der Waals surface area contributed by atoms with Gasteiger partial charge in [-0.1, -0.05) is 12.1 Å². The zero-order chi connectivity index (χ0) is 10.4. The van der Waals surface area contributed by atoms with Crippen LogP contribution < -0.4 is 11.1 Å². The number of nitrogens with one attached hydrogen (secondary N) is 1. The summed E-state index contributed by atoms with van der Waals surface area (Å²) in [5, 5.41) is 2.81. The normalized spacial score (nSPS) is 9.79. The van der Waals surface area contributed by atoms with E-state index >= 15 is 0 Å². The Morgan fingerprint density at radius 2 is 2.36 bits per heavy atom. The highest BCUT2D eigenvalue weighted by molar-refractivity contribution is 7.99. The molecule has 3 N–H and O–H groups in total. The summed E-state index contributed by atoms with van der Waals surface area (Å²) in [5.74, 6) is 0.558. The summed E-state index contributed by atoms with van der Waals surface area (Å²) in [6, 6.07) is 7.51. The molecule has 0 atom stereocenters. The zero-order valence-corrected chi connectivity index (χ0v) is 8.93. The SMILES string of the molecule is CSCC(=O)NCc1cccc(N)c1. The summed E-state index contributed by atoms with van der Waals surface area (Å²) < 4.78 is 0. The number of anilines is 1. The molecule has 3 nitrogen and oxygen atoms in total. The molecule has 0 saturated heterocycles. The van der Waals surface area contributed by atoms with Crippen molar-refractivity contribution in [2.75, 3.05) is 17.7 Å². The molecule has 0 aromatic heterocycles. The number of amides is 1. The first-order valence-electron chi connectivity index (χ1n) is 4.32. The van der Waals surface area contributed by atoms with E-state index in [1.807, 2.05) is 30.5 Å². The van der Waals surface area contributed by atoms with Gasteiger partial charge in [-0.15, -0.1) is 0 Å². The second-order valence-electron chi connectivity index (χ2n) is 2.95. The number of hydrogen-bond acceptors (Lipinski definition) is 3. The molecule has 76 valence electrons. The molecule has 14 heavy (non-hydrogen) atoms. The average molecular weight is 210 g/mol. The number of nitrogens with two attached hydrogens (primary N) is 1. The van der Waals surface area contributed by atoms with Crippen molar-refractivity contribution in [1.82, 2.24) is 5.32 Å². The molecule has 0 aliphatic rings. The molecule has 0 unspecified atom stereocenters. The largest absolute Gasteiger partial charge is 0.399 e. The average Bonchev–Trinajstić information content (AvgIpc) is 2.15. The van der Waals surface area contributed by atoms with Gasteiger partial charge in [-0.2, -0.15) is 11.8 Å². The van der Waals surface area contributed by atoms with Crippen molar-refractivity contribution in [3.8, 4) is 0 Å². The summed E-state index contributed by atoms with van der Waals surface area (Å²) in [4.78, 5) is 11.1. The Bertz CT molecular complexity index is 315. The van der Waals surface area contributed by atoms with Gasteiger partial charge in [0, 0.05) is 12.2 Å². The molecule has 4 heteroatoms. The van der Waals surface area contributed by atoms with E-state index in [-0.39, 0.29) is 5.91 Å². The summed E-state index contributed by atoms with van der Waals surface area (Å²) in [5.41, 5.74) is 7.36. The van der Waals surface area contributed by atoms with Crippen LogP contribution in [0.5, 0.6) is 0 Å². The fraction of sp³-hybridized carbons (Fsp3) is 0.300. The van der Waals surface area contributed by atoms with Gasteiger partial charge < -0.3 is 11.1 Å². The minimum atomic E-state index is 0.0555. The van der Waals surface area contributed by atoms with Crippen LogP contribution in [0.3, 0.4) is 0 Å². The summed E-state index contributed by atoms with van der Waals surface area (Å²) in [6.07, 6.45) is 1.90. The Morgan fingerprint density at radius 1 is 1.57 bits per heavy atom. The Balaban J connectivity index is 2.41. The maximum atomic E-state index is 11.1. The van der Waals surface area contributed by atoms with Crippen LogP contribution in [0.2, 0.25) is 0 Å². The number of nitrogen functional groups attached to an aromatic ring is 1. The lowest BCUT2D eigenvalue weighted by molar-refractivity contribution is -0.118. The maximum absolute atomic E-state index is 11.1. The third-order valence-electron chi connectivity index (χ3n) is 1.72. The maximum Gasteiger partial charge on any atom is 0.230 e. The van der Waals surface area contributed by atoms with Gasteiger partial charge in [0.1, 0.15) is 0 Å². The number of carbonyl (C=O) groups excluding carboxylic acids is 1. The van der Waals surface area contributed by atoms with Crippen molar-refractivity contribution < 1.29 is 4.79 Å². The molecule has 0 radical (unpaired) electrons. The van der Waals surface area contributed by atoms with Crippen LogP contribution in [0.25, 0.3) is 0 Å². The Hall–Kier alpha value is -1.16. The second-order valence-corrected chi connectivity index (χ2v) is 3.82. The van der Waals surface area contributed by atoms with Gasteiger partial charge in [-0.05, 0) is 24.0 Å². The number of rotatable bonds is 4. The molecule has 0 aliphatic carbocycles. The molecule has 0 fully saturated rings. The highest BCUT2D eigenvalue weighted by Gasteiger charge is 1.99. The predicted octanol–water partition coefficient (Wildman–Crippen LogP) is 1.25. The van der Waals surface area contributed by atoms with E-state index in [2.05, 4.69) is 5.32 Å². The third-order valence-corrected chi connectivity index (χ3v) is 2.27. The van der Waals surface area contributed by atoms with Gasteiger partial charge in [-0.3, -0.25) is 4.79 Å². The smallest absolute Gasteiger partial charge is 0.230 e. The van der Waals surface area contributed by atoms with Crippen LogP contribution in [0.4, 0.5) is 5.69 Å². The van der Waals surface area contributed by atoms with Gasteiger partial charge in [0.05, 0.1) is 5.75 Å². The summed E-state index contributed by atoms with van der Waals surface area (Å²) in [6.45, 7) is 0.546. The van der Waals surface area contributed by atoms with Gasteiger partial charge >= 0.3 is 0 Å². The zero-order valence-electron chi connectivity index (χ0n) is 8.12. The summed E-state index contributed by atoms with van der Waals surface area (Å²) >= 11 is 1.51. The highest BCUT2D eigenvalue weighted by atomic mass is 32.2. The van der Waals surface area contributed by atoms with E-state index in [1.54, 1.807) is 0 Å². The standard InChI is InChI=1S/C10H14N2OS/c1-14-7-10(13)12-6-8-3-2-4-9(11)5-8/h2-5H,6-7,11H2,1H3,(H,12,13). The van der Waals surface area contributed by atoms with Crippen molar-refractivity contribution in [2.24, 2.45) is 0 Å². The van der Waals surface area contributed by atoms with Crippen LogP contribution in [0.1, 0.15) is 5.56 Å². The first-order valence-corrected chi connectivity index (χ1v) is 5.72. The molecule has 1 rings (SSSR count). The predicted molar refractivity (Wildman–Crippen MR) is 61.1 cm³/mol. The molecule has 1 aromatic carbocycles. The molecule has 0 bridgehead atoms. The molecular weight excluding hydrogens is 196 g/mol. The fourth-order valence-corrected chi connectivity index (χ4v) is 1.45. The lowest BCUT2D eigenvalue weighted by Gasteiger charge is -2.04. The highest BCUT2D eigenvalue weighted by Crippen LogP contribution is 2.05. The molecule has 0 aliphatic heterocycles. The Kier molecular flexibility index (Phi) is 4.32. The lowest BCUT2D eigenvalue weighted by Crippen LogP contribution is -2.24. The topological polar surface area (TPSA) is 55.1 Å². The van der Waals surface area contributed by atoms with Crippen LogP contribution in [-0.4, -0.2) is 17.9 Å². The van der Waals surface area contributed by atoms with E-state index in [0.717, 1.165) is 11.3 Å². The van der Waals surface area contributed by atoms with Crippen LogP contribution in [0, 0.1) is 0 Å². The van der Waals surface area contributed by atoms with Gasteiger partial charge in [-0.25, -0.2) is 0 Å². The first-order chi connectivity index (χ1) is 6.72. The number of thioether (sulfide) groups is 1. The van der Waals surface area contributed by atoms with Gasteiger partial charge in [0.2, 0.25) is 5.91 Å². The number of benzene rings is 1. The van der Waals surface area contributed by atoms with Gasteiger partial charge in [0.25, 0.3) is 0 Å². The minimum Gasteiger partial charge on any atom is -0.399 e. The lowest BCUT2D eigenvalue weighted by atomic mass is 10.2. The minimum absolute atomic E-state index is 0.0555. The monoisotopic (exact) mass is 210 g/mol. The van der Waals surface area contributed by atoms with Crippen molar-refractivity contribution in [3.05, 3.63) is 29.8 Å². The molecular formula is C10H14N2OS. The molecule has 1 aromatic rings. The van der Waals surface area contributed by atoms with Crippen LogP contribution in [0.15, 0.2) is 24.3 Å². The van der Waals surface area contributed by atoms with Crippen molar-refractivity contribution in [3.63, 3.8) is 0 Å². The van der Waals surface area contributed by atoms with Crippen molar-refractivity contribution in [1.29, 1.82) is 0 Å². The van der Waals surface area contributed by atoms with Gasteiger partial charge in [0.15, 0.2) is 0 Å².